The molecule has 2 rings (SSSR count). The van der Waals surface area contributed by atoms with E-state index in [4.69, 9.17) is 4.74 Å². The van der Waals surface area contributed by atoms with Crippen molar-refractivity contribution in [2.24, 2.45) is 0 Å². The van der Waals surface area contributed by atoms with Crippen LogP contribution in [0.25, 0.3) is 0 Å². The zero-order chi connectivity index (χ0) is 15.1. The number of aromatic nitrogens is 2. The summed E-state index contributed by atoms with van der Waals surface area (Å²) < 4.78 is 7.54. The first-order chi connectivity index (χ1) is 10.2. The summed E-state index contributed by atoms with van der Waals surface area (Å²) in [6, 6.07) is 10.7. The van der Waals surface area contributed by atoms with Crippen LogP contribution in [0.15, 0.2) is 36.5 Å². The molecular weight excluding hydrogens is 262 g/mol. The topological polar surface area (TPSA) is 39.1 Å². The van der Waals surface area contributed by atoms with Gasteiger partial charge in [0.25, 0.3) is 0 Å². The third kappa shape index (κ3) is 4.60. The van der Waals surface area contributed by atoms with E-state index in [0.717, 1.165) is 31.0 Å². The molecule has 1 N–H and O–H groups in total. The molecule has 4 heteroatoms. The molecule has 21 heavy (non-hydrogen) atoms. The van der Waals surface area contributed by atoms with Crippen molar-refractivity contribution in [1.29, 1.82) is 0 Å². The highest BCUT2D eigenvalue weighted by molar-refractivity contribution is 5.28. The summed E-state index contributed by atoms with van der Waals surface area (Å²) in [4.78, 5) is 0. The fourth-order valence-electron chi connectivity index (χ4n) is 2.15. The molecule has 1 atom stereocenters. The van der Waals surface area contributed by atoms with Gasteiger partial charge in [0.2, 0.25) is 0 Å². The maximum atomic E-state index is 5.51. The lowest BCUT2D eigenvalue weighted by Gasteiger charge is -2.08. The van der Waals surface area contributed by atoms with Gasteiger partial charge in [0.1, 0.15) is 5.75 Å². The summed E-state index contributed by atoms with van der Waals surface area (Å²) in [5.74, 6) is 0.929. The number of nitrogens with one attached hydrogen (secondary N) is 1. The number of ether oxygens (including phenoxy) is 1. The number of nitrogens with zero attached hydrogens (tertiary/aromatic N) is 2. The molecule has 0 aliphatic heterocycles. The minimum Gasteiger partial charge on any atom is -0.494 e. The Morgan fingerprint density at radius 1 is 1.24 bits per heavy atom. The summed E-state index contributed by atoms with van der Waals surface area (Å²) >= 11 is 0. The van der Waals surface area contributed by atoms with Crippen LogP contribution < -0.4 is 10.1 Å². The predicted molar refractivity (Wildman–Crippen MR) is 85.4 cm³/mol. The average Bonchev–Trinajstić information content (AvgIpc) is 2.96. The van der Waals surface area contributed by atoms with Crippen molar-refractivity contribution in [3.63, 3.8) is 0 Å². The van der Waals surface area contributed by atoms with E-state index < -0.39 is 0 Å². The Morgan fingerprint density at radius 3 is 2.86 bits per heavy atom. The van der Waals surface area contributed by atoms with E-state index in [9.17, 15) is 0 Å². The van der Waals surface area contributed by atoms with Gasteiger partial charge >= 0.3 is 0 Å². The Balaban J connectivity index is 1.83. The Bertz CT molecular complexity index is 550. The van der Waals surface area contributed by atoms with Gasteiger partial charge in [-0.3, -0.25) is 4.68 Å². The van der Waals surface area contributed by atoms with Crippen molar-refractivity contribution < 1.29 is 4.74 Å². The van der Waals surface area contributed by atoms with Gasteiger partial charge in [0.15, 0.2) is 0 Å². The van der Waals surface area contributed by atoms with E-state index in [1.165, 1.54) is 5.56 Å². The zero-order valence-electron chi connectivity index (χ0n) is 13.2. The zero-order valence-corrected chi connectivity index (χ0v) is 13.2. The van der Waals surface area contributed by atoms with Gasteiger partial charge in [-0.15, -0.1) is 0 Å². The van der Waals surface area contributed by atoms with E-state index in [2.05, 4.69) is 48.7 Å². The molecule has 0 aliphatic rings. The lowest BCUT2D eigenvalue weighted by atomic mass is 10.2. The third-order valence-corrected chi connectivity index (χ3v) is 3.55. The van der Waals surface area contributed by atoms with Gasteiger partial charge < -0.3 is 10.1 Å². The molecule has 1 unspecified atom stereocenters. The van der Waals surface area contributed by atoms with Crippen molar-refractivity contribution in [2.45, 2.75) is 46.3 Å². The molecule has 0 radical (unpaired) electrons. The minimum absolute atomic E-state index is 0.460. The average molecular weight is 287 g/mol. The number of rotatable bonds is 8. The summed E-state index contributed by atoms with van der Waals surface area (Å²) in [7, 11) is 0. The van der Waals surface area contributed by atoms with Crippen molar-refractivity contribution >= 4 is 0 Å². The Hall–Kier alpha value is -1.81. The van der Waals surface area contributed by atoms with Gasteiger partial charge in [-0.05, 0) is 44.0 Å². The van der Waals surface area contributed by atoms with Crippen molar-refractivity contribution in [1.82, 2.24) is 15.1 Å². The van der Waals surface area contributed by atoms with Crippen molar-refractivity contribution in [2.75, 3.05) is 6.61 Å². The Kier molecular flexibility index (Phi) is 5.81. The van der Waals surface area contributed by atoms with Gasteiger partial charge in [-0.25, -0.2) is 0 Å². The molecule has 0 spiro atoms. The van der Waals surface area contributed by atoms with E-state index in [1.807, 2.05) is 23.7 Å². The maximum absolute atomic E-state index is 5.51. The Morgan fingerprint density at radius 2 is 2.10 bits per heavy atom. The van der Waals surface area contributed by atoms with Gasteiger partial charge in [-0.1, -0.05) is 19.1 Å². The van der Waals surface area contributed by atoms with Gasteiger partial charge in [0, 0.05) is 25.3 Å². The molecular formula is C17H25N3O. The van der Waals surface area contributed by atoms with Crippen LogP contribution in [0.1, 0.15) is 44.5 Å². The second-order valence-corrected chi connectivity index (χ2v) is 5.23. The number of hydrogen-bond acceptors (Lipinski definition) is 3. The van der Waals surface area contributed by atoms with Crippen LogP contribution in [-0.2, 0) is 13.1 Å². The number of benzene rings is 1. The Labute approximate surface area is 127 Å². The summed E-state index contributed by atoms with van der Waals surface area (Å²) in [5, 5.41) is 8.01. The molecule has 2 aromatic rings. The van der Waals surface area contributed by atoms with Crippen LogP contribution in [0.5, 0.6) is 5.75 Å². The number of hydrogen-bond donors (Lipinski definition) is 1. The first-order valence-corrected chi connectivity index (χ1v) is 7.69. The van der Waals surface area contributed by atoms with Crippen LogP contribution in [0.2, 0.25) is 0 Å². The van der Waals surface area contributed by atoms with Crippen molar-refractivity contribution in [3.05, 3.63) is 47.8 Å². The lowest BCUT2D eigenvalue weighted by molar-refractivity contribution is 0.340. The summed E-state index contributed by atoms with van der Waals surface area (Å²) in [6.45, 7) is 8.65. The molecule has 0 saturated carbocycles. The van der Waals surface area contributed by atoms with Crippen molar-refractivity contribution in [3.8, 4) is 5.75 Å². The SMILES string of the molecule is CCOc1cccc(CNCc2ccn(C(C)CC)n2)c1. The third-order valence-electron chi connectivity index (χ3n) is 3.55. The molecule has 0 bridgehead atoms. The molecule has 1 aromatic heterocycles. The predicted octanol–water partition coefficient (Wildman–Crippen LogP) is 3.54. The lowest BCUT2D eigenvalue weighted by Crippen LogP contribution is -2.14. The highest BCUT2D eigenvalue weighted by atomic mass is 16.5. The highest BCUT2D eigenvalue weighted by Gasteiger charge is 2.04. The molecule has 0 aliphatic carbocycles. The van der Waals surface area contributed by atoms with Gasteiger partial charge in [-0.2, -0.15) is 5.10 Å². The smallest absolute Gasteiger partial charge is 0.119 e. The molecule has 1 aromatic carbocycles. The van der Waals surface area contributed by atoms with Gasteiger partial charge in [0.05, 0.1) is 12.3 Å². The van der Waals surface area contributed by atoms with E-state index in [-0.39, 0.29) is 0 Å². The quantitative estimate of drug-likeness (QED) is 0.807. The molecule has 0 saturated heterocycles. The fourth-order valence-corrected chi connectivity index (χ4v) is 2.15. The van der Waals surface area contributed by atoms with E-state index in [1.54, 1.807) is 0 Å². The second-order valence-electron chi connectivity index (χ2n) is 5.23. The molecule has 0 fully saturated rings. The molecule has 4 nitrogen and oxygen atoms in total. The van der Waals surface area contributed by atoms with E-state index in [0.29, 0.717) is 12.6 Å². The van der Waals surface area contributed by atoms with Crippen LogP contribution in [0.3, 0.4) is 0 Å². The maximum Gasteiger partial charge on any atom is 0.119 e. The minimum atomic E-state index is 0.460. The van der Waals surface area contributed by atoms with Crippen LogP contribution in [-0.4, -0.2) is 16.4 Å². The van der Waals surface area contributed by atoms with Crippen LogP contribution >= 0.6 is 0 Å². The molecule has 114 valence electrons. The summed E-state index contributed by atoms with van der Waals surface area (Å²) in [5.41, 5.74) is 2.30. The summed E-state index contributed by atoms with van der Waals surface area (Å²) in [6.07, 6.45) is 3.15. The first-order valence-electron chi connectivity index (χ1n) is 7.69. The largest absolute Gasteiger partial charge is 0.494 e. The monoisotopic (exact) mass is 287 g/mol. The van der Waals surface area contributed by atoms with Crippen LogP contribution in [0.4, 0.5) is 0 Å². The van der Waals surface area contributed by atoms with E-state index >= 15 is 0 Å². The molecule has 0 amide bonds. The normalized spacial score (nSPS) is 12.3. The van der Waals surface area contributed by atoms with Crippen LogP contribution in [0, 0.1) is 0 Å². The fraction of sp³-hybridized carbons (Fsp3) is 0.471. The first kappa shape index (κ1) is 15.6. The standard InChI is InChI=1S/C17H25N3O/c1-4-14(3)20-10-9-16(19-20)13-18-12-15-7-6-8-17(11-15)21-5-2/h6-11,14,18H,4-5,12-13H2,1-3H3. The molecule has 1 heterocycles. The highest BCUT2D eigenvalue weighted by Crippen LogP contribution is 2.13. The second kappa shape index (κ2) is 7.84.